The molecule has 0 radical (unpaired) electrons. The summed E-state index contributed by atoms with van der Waals surface area (Å²) in [6.07, 6.45) is -0.00191. The Morgan fingerprint density at radius 2 is 1.87 bits per heavy atom. The summed E-state index contributed by atoms with van der Waals surface area (Å²) in [6.45, 7) is 9.82. The molecular weight excluding hydrogens is 522 g/mol. The number of para-hydroxylation sites is 1. The zero-order valence-corrected chi connectivity index (χ0v) is 23.0. The highest BCUT2D eigenvalue weighted by Gasteiger charge is 2.37. The van der Waals surface area contributed by atoms with E-state index in [0.717, 1.165) is 4.90 Å². The number of amides is 4. The number of aryl methyl sites for hydroxylation is 1. The van der Waals surface area contributed by atoms with Crippen molar-refractivity contribution in [3.05, 3.63) is 70.8 Å². The fourth-order valence-corrected chi connectivity index (χ4v) is 4.00. The van der Waals surface area contributed by atoms with Gasteiger partial charge >= 0.3 is 6.09 Å². The van der Waals surface area contributed by atoms with Gasteiger partial charge in [0.25, 0.3) is 5.91 Å². The lowest BCUT2D eigenvalue weighted by Crippen LogP contribution is -2.53. The van der Waals surface area contributed by atoms with E-state index in [-0.39, 0.29) is 5.02 Å². The average molecular weight is 554 g/mol. The van der Waals surface area contributed by atoms with E-state index < -0.39 is 54.5 Å². The number of carbonyl (C=O) groups is 4. The standard InChI is InChI=1S/C28H32ClN5O5/c1-6-18-10-8-11-19(15-18)24(25(36)33-23-17(2)9-7-12-20(23)29)34(14-13-30)26(37)21(16-22(31)35)32-27(38)39-28(3,4)5/h6-12,15,21,24H,1,14,16H2,2-5H3,(H2,31,35)(H,32,38)(H,33,36). The molecular formula is C28H32ClN5O5. The van der Waals surface area contributed by atoms with E-state index in [2.05, 4.69) is 17.2 Å². The van der Waals surface area contributed by atoms with Crippen molar-refractivity contribution >= 4 is 47.2 Å². The van der Waals surface area contributed by atoms with Crippen LogP contribution in [0, 0.1) is 18.3 Å². The quantitative estimate of drug-likeness (QED) is 0.376. The van der Waals surface area contributed by atoms with Crippen LogP contribution in [0.3, 0.4) is 0 Å². The Morgan fingerprint density at radius 3 is 2.44 bits per heavy atom. The van der Waals surface area contributed by atoms with Crippen molar-refractivity contribution in [2.24, 2.45) is 5.73 Å². The zero-order chi connectivity index (χ0) is 29.3. The zero-order valence-electron chi connectivity index (χ0n) is 22.3. The SMILES string of the molecule is C=Cc1cccc(C(C(=O)Nc2c(C)cccc2Cl)N(CC#N)C(=O)C(CC(N)=O)NC(=O)OC(C)(C)C)c1. The molecule has 2 aromatic rings. The summed E-state index contributed by atoms with van der Waals surface area (Å²) in [5.41, 5.74) is 6.48. The fraction of sp³-hybridized carbons (Fsp3) is 0.321. The summed E-state index contributed by atoms with van der Waals surface area (Å²) < 4.78 is 5.22. The number of rotatable bonds is 10. The highest BCUT2D eigenvalue weighted by atomic mass is 35.5. The number of nitrogens with one attached hydrogen (secondary N) is 2. The van der Waals surface area contributed by atoms with Crippen molar-refractivity contribution in [3.8, 4) is 6.07 Å². The molecule has 2 atom stereocenters. The summed E-state index contributed by atoms with van der Waals surface area (Å²) in [7, 11) is 0. The van der Waals surface area contributed by atoms with Gasteiger partial charge < -0.3 is 26.0 Å². The summed E-state index contributed by atoms with van der Waals surface area (Å²) in [6, 6.07) is 10.8. The van der Waals surface area contributed by atoms with Crippen LogP contribution in [-0.2, 0) is 19.1 Å². The van der Waals surface area contributed by atoms with Crippen molar-refractivity contribution in [2.45, 2.75) is 51.8 Å². The number of nitriles is 1. The lowest BCUT2D eigenvalue weighted by atomic mass is 9.99. The Hall–Kier alpha value is -4.36. The smallest absolute Gasteiger partial charge is 0.408 e. The molecule has 0 spiro atoms. The maximum absolute atomic E-state index is 13.8. The number of hydrogen-bond acceptors (Lipinski definition) is 6. The van der Waals surface area contributed by atoms with E-state index in [4.69, 9.17) is 22.1 Å². The number of benzene rings is 2. The van der Waals surface area contributed by atoms with Crippen LogP contribution in [0.2, 0.25) is 5.02 Å². The molecule has 2 unspecified atom stereocenters. The number of anilines is 1. The summed E-state index contributed by atoms with van der Waals surface area (Å²) in [5, 5.41) is 15.0. The molecule has 0 aliphatic rings. The second-order valence-electron chi connectivity index (χ2n) is 9.69. The molecule has 0 bridgehead atoms. The molecule has 0 saturated heterocycles. The molecule has 206 valence electrons. The predicted molar refractivity (Wildman–Crippen MR) is 148 cm³/mol. The van der Waals surface area contributed by atoms with Crippen molar-refractivity contribution in [1.82, 2.24) is 10.2 Å². The number of nitrogens with two attached hydrogens (primary N) is 1. The molecule has 0 aromatic heterocycles. The number of alkyl carbamates (subject to hydrolysis) is 1. The van der Waals surface area contributed by atoms with Gasteiger partial charge in [-0.15, -0.1) is 0 Å². The van der Waals surface area contributed by atoms with E-state index >= 15 is 0 Å². The third kappa shape index (κ3) is 8.86. The number of ether oxygens (including phenoxy) is 1. The molecule has 2 aromatic carbocycles. The highest BCUT2D eigenvalue weighted by Crippen LogP contribution is 2.30. The summed E-state index contributed by atoms with van der Waals surface area (Å²) >= 11 is 6.32. The Labute approximate surface area is 232 Å². The Bertz CT molecular complexity index is 1280. The van der Waals surface area contributed by atoms with Gasteiger partial charge in [0.05, 0.1) is 23.2 Å². The lowest BCUT2D eigenvalue weighted by molar-refractivity contribution is -0.141. The van der Waals surface area contributed by atoms with Gasteiger partial charge in [-0.05, 0) is 56.5 Å². The fourth-order valence-electron chi connectivity index (χ4n) is 3.73. The third-order valence-electron chi connectivity index (χ3n) is 5.41. The molecule has 4 amide bonds. The molecule has 0 saturated carbocycles. The molecule has 10 nitrogen and oxygen atoms in total. The molecule has 39 heavy (non-hydrogen) atoms. The van der Waals surface area contributed by atoms with Crippen molar-refractivity contribution < 1.29 is 23.9 Å². The van der Waals surface area contributed by atoms with E-state index in [9.17, 15) is 24.4 Å². The minimum Gasteiger partial charge on any atom is -0.444 e. The first-order valence-corrected chi connectivity index (χ1v) is 12.4. The van der Waals surface area contributed by atoms with Gasteiger partial charge in [0, 0.05) is 0 Å². The second-order valence-corrected chi connectivity index (χ2v) is 10.1. The van der Waals surface area contributed by atoms with Gasteiger partial charge in [-0.3, -0.25) is 14.4 Å². The first kappa shape index (κ1) is 30.9. The minimum absolute atomic E-state index is 0.276. The molecule has 0 fully saturated rings. The number of primary amides is 1. The first-order valence-electron chi connectivity index (χ1n) is 12.0. The van der Waals surface area contributed by atoms with Gasteiger partial charge in [0.1, 0.15) is 24.2 Å². The topological polar surface area (TPSA) is 155 Å². The minimum atomic E-state index is -1.51. The first-order chi connectivity index (χ1) is 18.3. The number of hydrogen-bond donors (Lipinski definition) is 3. The summed E-state index contributed by atoms with van der Waals surface area (Å²) in [5.74, 6) is -2.45. The van der Waals surface area contributed by atoms with E-state index in [0.29, 0.717) is 22.4 Å². The lowest BCUT2D eigenvalue weighted by Gasteiger charge is -2.33. The largest absolute Gasteiger partial charge is 0.444 e. The monoisotopic (exact) mass is 553 g/mol. The molecule has 0 heterocycles. The predicted octanol–water partition coefficient (Wildman–Crippen LogP) is 4.09. The Kier molecular flexibility index (Phi) is 10.6. The van der Waals surface area contributed by atoms with Crippen LogP contribution >= 0.6 is 11.6 Å². The second kappa shape index (κ2) is 13.4. The third-order valence-corrected chi connectivity index (χ3v) is 5.73. The van der Waals surface area contributed by atoms with Crippen molar-refractivity contribution in [2.75, 3.05) is 11.9 Å². The number of carbonyl (C=O) groups excluding carboxylic acids is 4. The van der Waals surface area contributed by atoms with Crippen LogP contribution in [0.5, 0.6) is 0 Å². The maximum atomic E-state index is 13.8. The van der Waals surface area contributed by atoms with Crippen LogP contribution in [0.25, 0.3) is 6.08 Å². The molecule has 4 N–H and O–H groups in total. The summed E-state index contributed by atoms with van der Waals surface area (Å²) in [4.78, 5) is 52.9. The molecule has 2 rings (SSSR count). The Morgan fingerprint density at radius 1 is 1.21 bits per heavy atom. The molecule has 0 aliphatic carbocycles. The van der Waals surface area contributed by atoms with E-state index in [1.54, 1.807) is 76.2 Å². The molecule has 0 aliphatic heterocycles. The van der Waals surface area contributed by atoms with Crippen LogP contribution < -0.4 is 16.4 Å². The highest BCUT2D eigenvalue weighted by molar-refractivity contribution is 6.34. The van der Waals surface area contributed by atoms with Crippen LogP contribution in [0.4, 0.5) is 10.5 Å². The van der Waals surface area contributed by atoms with Gasteiger partial charge in [-0.25, -0.2) is 4.79 Å². The van der Waals surface area contributed by atoms with E-state index in [1.165, 1.54) is 0 Å². The maximum Gasteiger partial charge on any atom is 0.408 e. The van der Waals surface area contributed by atoms with E-state index in [1.807, 2.05) is 6.07 Å². The van der Waals surface area contributed by atoms with Crippen LogP contribution in [0.1, 0.15) is 49.9 Å². The Balaban J connectivity index is 2.60. The number of halogens is 1. The van der Waals surface area contributed by atoms with Gasteiger partial charge in [0.2, 0.25) is 11.8 Å². The van der Waals surface area contributed by atoms with Gasteiger partial charge in [-0.2, -0.15) is 5.26 Å². The van der Waals surface area contributed by atoms with Crippen LogP contribution in [-0.4, -0.2) is 46.9 Å². The molecule has 11 heteroatoms. The number of nitrogens with zero attached hydrogens (tertiary/aromatic N) is 2. The van der Waals surface area contributed by atoms with Crippen molar-refractivity contribution in [3.63, 3.8) is 0 Å². The van der Waals surface area contributed by atoms with Gasteiger partial charge in [-0.1, -0.05) is 54.6 Å². The average Bonchev–Trinajstić information content (AvgIpc) is 2.84. The van der Waals surface area contributed by atoms with Gasteiger partial charge in [0.15, 0.2) is 0 Å². The van der Waals surface area contributed by atoms with Crippen LogP contribution in [0.15, 0.2) is 49.0 Å². The van der Waals surface area contributed by atoms with Crippen molar-refractivity contribution in [1.29, 1.82) is 5.26 Å². The normalized spacial score (nSPS) is 12.3.